The van der Waals surface area contributed by atoms with Gasteiger partial charge in [0.1, 0.15) is 0 Å². The lowest BCUT2D eigenvalue weighted by molar-refractivity contribution is -0.143. The predicted molar refractivity (Wildman–Crippen MR) is 153 cm³/mol. The summed E-state index contributed by atoms with van der Waals surface area (Å²) >= 11 is 0. The summed E-state index contributed by atoms with van der Waals surface area (Å²) in [6.07, 6.45) is -1.99. The second-order valence-corrected chi connectivity index (χ2v) is 11.4. The van der Waals surface area contributed by atoms with Gasteiger partial charge in [-0.1, -0.05) is 24.1 Å². The second-order valence-electron chi connectivity index (χ2n) is 11.4. The lowest BCUT2D eigenvalue weighted by Crippen LogP contribution is -2.31. The van der Waals surface area contributed by atoms with Crippen molar-refractivity contribution < 1.29 is 30.9 Å². The average Bonchev–Trinajstić information content (AvgIpc) is 3.67. The predicted octanol–water partition coefficient (Wildman–Crippen LogP) is 9.15. The van der Waals surface area contributed by atoms with E-state index < -0.39 is 23.5 Å². The van der Waals surface area contributed by atoms with Crippen molar-refractivity contribution in [3.8, 4) is 0 Å². The van der Waals surface area contributed by atoms with Crippen LogP contribution in [0.1, 0.15) is 78.1 Å². The molecule has 0 saturated heterocycles. The first-order chi connectivity index (χ1) is 19.4. The van der Waals surface area contributed by atoms with E-state index in [9.17, 15) is 26.3 Å². The monoisotopic (exact) mass is 615 g/mol. The molecule has 42 heavy (non-hydrogen) atoms. The minimum absolute atomic E-state index is 0. The molecule has 2 aliphatic rings. The fourth-order valence-electron chi connectivity index (χ4n) is 6.23. The Balaban J connectivity index is 0.00000405. The first-order valence-corrected chi connectivity index (χ1v) is 14.3. The maximum Gasteiger partial charge on any atom is 0.416 e. The molecule has 1 aromatic heterocycles. The minimum Gasteiger partial charge on any atom is -0.371 e. The van der Waals surface area contributed by atoms with E-state index >= 15 is 0 Å². The normalized spacial score (nSPS) is 15.5. The molecule has 0 amide bonds. The maximum atomic E-state index is 13.6. The number of hydrogen-bond donors (Lipinski definition) is 0. The van der Waals surface area contributed by atoms with E-state index in [2.05, 4.69) is 29.1 Å². The summed E-state index contributed by atoms with van der Waals surface area (Å²) in [6, 6.07) is 7.79. The number of benzene rings is 2. The third-order valence-electron chi connectivity index (χ3n) is 8.28. The van der Waals surface area contributed by atoms with Crippen LogP contribution in [0.25, 0.3) is 0 Å². The van der Waals surface area contributed by atoms with Crippen molar-refractivity contribution in [3.63, 3.8) is 0 Å². The van der Waals surface area contributed by atoms with Gasteiger partial charge in [-0.3, -0.25) is 0 Å². The number of nitrogens with zero attached hydrogens (tertiary/aromatic N) is 3. The van der Waals surface area contributed by atoms with Gasteiger partial charge in [-0.2, -0.15) is 26.3 Å². The summed E-state index contributed by atoms with van der Waals surface area (Å²) in [5.41, 5.74) is 2.39. The molecule has 5 rings (SSSR count). The molecule has 4 nitrogen and oxygen atoms in total. The van der Waals surface area contributed by atoms with Gasteiger partial charge in [0.05, 0.1) is 16.8 Å². The van der Waals surface area contributed by atoms with Gasteiger partial charge in [-0.05, 0) is 98.4 Å². The standard InChI is InChI=1S/C31H35F6N3O.ClH/c1-3-39(17-21-7-4-5-8-21)28-15-24-10-6-9-23(24)14-25(28)19-40(29-11-20(2)38-41-29)18-22-12-26(30(32,33)34)16-27(13-22)31(35,36)37;/h11-16,21H,3-10,17-19H2,1-2H3;1H. The molecule has 1 heterocycles. The zero-order valence-electron chi connectivity index (χ0n) is 23.7. The zero-order valence-corrected chi connectivity index (χ0v) is 24.6. The lowest BCUT2D eigenvalue weighted by Gasteiger charge is -2.31. The van der Waals surface area contributed by atoms with Crippen LogP contribution in [0.15, 0.2) is 40.9 Å². The third kappa shape index (κ3) is 7.36. The highest BCUT2D eigenvalue weighted by molar-refractivity contribution is 5.85. The number of rotatable bonds is 9. The number of alkyl halides is 6. The Morgan fingerprint density at radius 3 is 1.98 bits per heavy atom. The first-order valence-electron chi connectivity index (χ1n) is 14.3. The number of anilines is 2. The second kappa shape index (κ2) is 12.8. The van der Waals surface area contributed by atoms with Crippen molar-refractivity contribution in [1.29, 1.82) is 0 Å². The first kappa shape index (κ1) is 32.0. The number of hydrogen-bond acceptors (Lipinski definition) is 4. The highest BCUT2D eigenvalue weighted by atomic mass is 35.5. The Kier molecular flexibility index (Phi) is 9.75. The molecule has 11 heteroatoms. The van der Waals surface area contributed by atoms with Crippen LogP contribution in [0, 0.1) is 12.8 Å². The molecule has 0 bridgehead atoms. The Morgan fingerprint density at radius 2 is 1.43 bits per heavy atom. The Labute approximate surface area is 248 Å². The van der Waals surface area contributed by atoms with E-state index in [1.165, 1.54) is 36.8 Å². The molecule has 0 N–H and O–H groups in total. The fourth-order valence-corrected chi connectivity index (χ4v) is 6.23. The molecule has 2 aromatic carbocycles. The largest absolute Gasteiger partial charge is 0.416 e. The van der Waals surface area contributed by atoms with E-state index in [0.29, 0.717) is 17.5 Å². The lowest BCUT2D eigenvalue weighted by atomic mass is 10.00. The van der Waals surface area contributed by atoms with Gasteiger partial charge in [-0.25, -0.2) is 0 Å². The molecule has 0 spiro atoms. The number of fused-ring (bicyclic) bond motifs is 1. The van der Waals surface area contributed by atoms with Crippen LogP contribution in [-0.2, 0) is 38.3 Å². The number of halogens is 7. The summed E-state index contributed by atoms with van der Waals surface area (Å²) in [7, 11) is 0. The van der Waals surface area contributed by atoms with Crippen molar-refractivity contribution in [2.75, 3.05) is 22.9 Å². The summed E-state index contributed by atoms with van der Waals surface area (Å²) < 4.78 is 87.1. The summed E-state index contributed by atoms with van der Waals surface area (Å²) in [5.74, 6) is 0.897. The van der Waals surface area contributed by atoms with Crippen molar-refractivity contribution in [2.45, 2.75) is 84.2 Å². The van der Waals surface area contributed by atoms with Crippen LogP contribution >= 0.6 is 12.4 Å². The molecule has 3 aromatic rings. The summed E-state index contributed by atoms with van der Waals surface area (Å²) in [5, 5.41) is 3.95. The molecule has 0 unspecified atom stereocenters. The van der Waals surface area contributed by atoms with Gasteiger partial charge < -0.3 is 14.3 Å². The van der Waals surface area contributed by atoms with Crippen LogP contribution in [0.2, 0.25) is 0 Å². The van der Waals surface area contributed by atoms with Gasteiger partial charge in [-0.15, -0.1) is 12.4 Å². The highest BCUT2D eigenvalue weighted by Crippen LogP contribution is 2.38. The highest BCUT2D eigenvalue weighted by Gasteiger charge is 2.37. The Hall–Kier alpha value is -2.88. The van der Waals surface area contributed by atoms with E-state index in [4.69, 9.17) is 4.52 Å². The molecule has 1 fully saturated rings. The van der Waals surface area contributed by atoms with Gasteiger partial charge in [0.25, 0.3) is 0 Å². The molecule has 2 aliphatic carbocycles. The molecule has 0 radical (unpaired) electrons. The van der Waals surface area contributed by atoms with Crippen LogP contribution in [0.3, 0.4) is 0 Å². The van der Waals surface area contributed by atoms with Gasteiger partial charge >= 0.3 is 12.4 Å². The van der Waals surface area contributed by atoms with E-state index in [1.807, 2.05) is 0 Å². The van der Waals surface area contributed by atoms with Crippen LogP contribution in [0.4, 0.5) is 37.9 Å². The summed E-state index contributed by atoms with van der Waals surface area (Å²) in [6.45, 7) is 5.59. The SMILES string of the molecule is CCN(CC1CCCC1)c1cc2c(cc1CN(Cc1cc(C(F)(F)F)cc(C(F)(F)F)c1)c1cc(C)no1)CCC2.Cl. The fraction of sp³-hybridized carbons (Fsp3) is 0.516. The molecule has 0 atom stereocenters. The van der Waals surface area contributed by atoms with E-state index in [-0.39, 0.29) is 37.1 Å². The molecule has 1 saturated carbocycles. The van der Waals surface area contributed by atoms with Crippen molar-refractivity contribution >= 4 is 24.0 Å². The quantitative estimate of drug-likeness (QED) is 0.225. The van der Waals surface area contributed by atoms with Crippen molar-refractivity contribution in [1.82, 2.24) is 5.16 Å². The van der Waals surface area contributed by atoms with Gasteiger partial charge in [0, 0.05) is 37.9 Å². The smallest absolute Gasteiger partial charge is 0.371 e. The molecular weight excluding hydrogens is 580 g/mol. The topological polar surface area (TPSA) is 32.5 Å². The van der Waals surface area contributed by atoms with Crippen LogP contribution < -0.4 is 9.80 Å². The van der Waals surface area contributed by atoms with Gasteiger partial charge in [0.15, 0.2) is 0 Å². The van der Waals surface area contributed by atoms with E-state index in [1.54, 1.807) is 17.9 Å². The molecule has 0 aliphatic heterocycles. The molecular formula is C31H36ClF6N3O. The Bertz CT molecular complexity index is 1330. The zero-order chi connectivity index (χ0) is 29.4. The summed E-state index contributed by atoms with van der Waals surface area (Å²) in [4.78, 5) is 4.05. The molecule has 230 valence electrons. The number of aryl methyl sites for hydroxylation is 3. The Morgan fingerprint density at radius 1 is 0.810 bits per heavy atom. The maximum absolute atomic E-state index is 13.6. The van der Waals surface area contributed by atoms with E-state index in [0.717, 1.165) is 55.7 Å². The third-order valence-corrected chi connectivity index (χ3v) is 8.28. The van der Waals surface area contributed by atoms with Gasteiger partial charge in [0.2, 0.25) is 5.88 Å². The van der Waals surface area contributed by atoms with Crippen molar-refractivity contribution in [3.05, 3.63) is 75.5 Å². The minimum atomic E-state index is -4.92. The average molecular weight is 616 g/mol. The van der Waals surface area contributed by atoms with Crippen LogP contribution in [0.5, 0.6) is 0 Å². The van der Waals surface area contributed by atoms with Crippen LogP contribution in [-0.4, -0.2) is 18.2 Å². The number of aromatic nitrogens is 1. The van der Waals surface area contributed by atoms with Crippen molar-refractivity contribution in [2.24, 2.45) is 5.92 Å².